The second-order valence-electron chi connectivity index (χ2n) is 6.95. The third-order valence-corrected chi connectivity index (χ3v) is 4.94. The fourth-order valence-corrected chi connectivity index (χ4v) is 3.55. The van der Waals surface area contributed by atoms with Gasteiger partial charge in [0.1, 0.15) is 18.6 Å². The van der Waals surface area contributed by atoms with Gasteiger partial charge in [0.05, 0.1) is 5.69 Å². The minimum atomic E-state index is -0.975. The summed E-state index contributed by atoms with van der Waals surface area (Å²) in [7, 11) is 0. The topological polar surface area (TPSA) is 88.1 Å². The zero-order valence-electron chi connectivity index (χ0n) is 15.5. The van der Waals surface area contributed by atoms with Crippen LogP contribution < -0.4 is 10.3 Å². The number of nitrogens with zero attached hydrogens (tertiary/aromatic N) is 2. The monoisotopic (exact) mass is 377 g/mol. The number of esters is 1. The molecule has 4 rings (SSSR count). The Labute approximate surface area is 162 Å². The van der Waals surface area contributed by atoms with Gasteiger partial charge in [-0.3, -0.25) is 15.0 Å². The Morgan fingerprint density at radius 2 is 1.86 bits per heavy atom. The molecule has 0 aliphatic carbocycles. The summed E-state index contributed by atoms with van der Waals surface area (Å²) in [5, 5.41) is 3.92. The van der Waals surface area contributed by atoms with Crippen LogP contribution in [0.25, 0.3) is 0 Å². The molecular weight excluding hydrogens is 358 g/mol. The molecule has 2 amide bonds. The summed E-state index contributed by atoms with van der Waals surface area (Å²) in [6, 6.07) is 13.8. The van der Waals surface area contributed by atoms with E-state index >= 15 is 0 Å². The van der Waals surface area contributed by atoms with Crippen molar-refractivity contribution in [3.8, 4) is 0 Å². The number of hydrazone groups is 1. The molecule has 142 valence electrons. The van der Waals surface area contributed by atoms with E-state index in [0.717, 1.165) is 21.6 Å². The highest BCUT2D eigenvalue weighted by Crippen LogP contribution is 2.33. The van der Waals surface area contributed by atoms with E-state index in [9.17, 15) is 14.4 Å². The molecule has 7 heteroatoms. The molecule has 0 aromatic heterocycles. The van der Waals surface area contributed by atoms with E-state index in [1.54, 1.807) is 6.07 Å². The van der Waals surface area contributed by atoms with Crippen LogP contribution in [0.4, 0.5) is 5.69 Å². The average molecular weight is 377 g/mol. The van der Waals surface area contributed by atoms with E-state index in [1.165, 1.54) is 0 Å². The lowest BCUT2D eigenvalue weighted by molar-refractivity contribution is -0.137. The number of imide groups is 1. The first kappa shape index (κ1) is 17.9. The van der Waals surface area contributed by atoms with E-state index in [2.05, 4.69) is 10.5 Å². The highest BCUT2D eigenvalue weighted by Gasteiger charge is 2.56. The van der Waals surface area contributed by atoms with Crippen molar-refractivity contribution in [1.29, 1.82) is 0 Å². The van der Waals surface area contributed by atoms with Gasteiger partial charge in [-0.2, -0.15) is 5.10 Å². The molecule has 0 unspecified atom stereocenters. The number of rotatable bonds is 4. The van der Waals surface area contributed by atoms with Gasteiger partial charge in [0.15, 0.2) is 5.71 Å². The smallest absolute Gasteiger partial charge is 0.355 e. The largest absolute Gasteiger partial charge is 0.456 e. The third kappa shape index (κ3) is 2.94. The van der Waals surface area contributed by atoms with Crippen molar-refractivity contribution in [2.75, 3.05) is 4.90 Å². The van der Waals surface area contributed by atoms with Gasteiger partial charge < -0.3 is 4.74 Å². The summed E-state index contributed by atoms with van der Waals surface area (Å²) >= 11 is 0. The maximum absolute atomic E-state index is 13.0. The van der Waals surface area contributed by atoms with Gasteiger partial charge in [-0.25, -0.2) is 9.69 Å². The molecule has 0 spiro atoms. The maximum atomic E-state index is 13.0. The van der Waals surface area contributed by atoms with Gasteiger partial charge in [-0.05, 0) is 31.0 Å². The Morgan fingerprint density at radius 3 is 2.57 bits per heavy atom. The molecule has 0 radical (unpaired) electrons. The number of hydrogen-bond donors (Lipinski definition) is 1. The lowest BCUT2D eigenvalue weighted by Gasteiger charge is -2.18. The van der Waals surface area contributed by atoms with E-state index < -0.39 is 29.7 Å². The van der Waals surface area contributed by atoms with Crippen molar-refractivity contribution < 1.29 is 19.1 Å². The summed E-state index contributed by atoms with van der Waals surface area (Å²) in [4.78, 5) is 39.4. The highest BCUT2D eigenvalue weighted by molar-refractivity contribution is 6.46. The Morgan fingerprint density at radius 1 is 1.11 bits per heavy atom. The predicted octanol–water partition coefficient (Wildman–Crippen LogP) is 1.86. The van der Waals surface area contributed by atoms with Crippen molar-refractivity contribution in [2.45, 2.75) is 26.5 Å². The quantitative estimate of drug-likeness (QED) is 0.649. The number of carbonyl (C=O) groups excluding carboxylic acids is 3. The van der Waals surface area contributed by atoms with Crippen LogP contribution in [-0.4, -0.2) is 29.5 Å². The van der Waals surface area contributed by atoms with E-state index in [4.69, 9.17) is 4.74 Å². The Bertz CT molecular complexity index is 1000. The number of nitrogens with one attached hydrogen (secondary N) is 1. The average Bonchev–Trinajstić information content (AvgIpc) is 3.22. The molecule has 2 aliphatic heterocycles. The van der Waals surface area contributed by atoms with Gasteiger partial charge in [0.25, 0.3) is 5.91 Å². The van der Waals surface area contributed by atoms with Crippen molar-refractivity contribution in [3.05, 3.63) is 65.2 Å². The van der Waals surface area contributed by atoms with E-state index in [1.807, 2.05) is 56.3 Å². The van der Waals surface area contributed by atoms with Gasteiger partial charge >= 0.3 is 5.97 Å². The van der Waals surface area contributed by atoms with Crippen LogP contribution in [-0.2, 0) is 25.7 Å². The summed E-state index contributed by atoms with van der Waals surface area (Å²) in [6.07, 6.45) is 0. The van der Waals surface area contributed by atoms with Gasteiger partial charge in [-0.1, -0.05) is 48.0 Å². The van der Waals surface area contributed by atoms with E-state index in [0.29, 0.717) is 5.69 Å². The highest BCUT2D eigenvalue weighted by atomic mass is 16.5. The first-order valence-electron chi connectivity index (χ1n) is 8.96. The molecule has 7 nitrogen and oxygen atoms in total. The molecular formula is C21H19N3O4. The standard InChI is InChI=1S/C21H19N3O4/c1-12-8-9-15(13(2)10-12)24-19(25)16-17(20(24)26)22-23-18(16)21(27)28-11-14-6-4-3-5-7-14/h3-10,16-17,22H,11H2,1-2H3/t16-,17+/m0/s1. The van der Waals surface area contributed by atoms with Crippen LogP contribution in [0.5, 0.6) is 0 Å². The van der Waals surface area contributed by atoms with Crippen molar-refractivity contribution in [2.24, 2.45) is 11.0 Å². The molecule has 1 fully saturated rings. The van der Waals surface area contributed by atoms with Crippen LogP contribution in [0.15, 0.2) is 53.6 Å². The molecule has 2 aromatic rings. The minimum absolute atomic E-state index is 0.0634. The normalized spacial score (nSPS) is 20.6. The SMILES string of the molecule is Cc1ccc(N2C(=O)[C@@H]3C(C(=O)OCc4ccccc4)=NN[C@H]3C2=O)c(C)c1. The van der Waals surface area contributed by atoms with Crippen LogP contribution >= 0.6 is 0 Å². The molecule has 2 aromatic carbocycles. The van der Waals surface area contributed by atoms with Crippen molar-refractivity contribution in [1.82, 2.24) is 5.43 Å². The fraction of sp³-hybridized carbons (Fsp3) is 0.238. The number of benzene rings is 2. The first-order chi connectivity index (χ1) is 13.5. The number of ether oxygens (including phenoxy) is 1. The zero-order chi connectivity index (χ0) is 19.8. The van der Waals surface area contributed by atoms with E-state index in [-0.39, 0.29) is 12.3 Å². The number of carbonyl (C=O) groups is 3. The molecule has 0 saturated carbocycles. The fourth-order valence-electron chi connectivity index (χ4n) is 3.55. The van der Waals surface area contributed by atoms with Gasteiger partial charge in [-0.15, -0.1) is 0 Å². The van der Waals surface area contributed by atoms with Crippen molar-refractivity contribution >= 4 is 29.2 Å². The molecule has 2 aliphatic rings. The van der Waals surface area contributed by atoms with Crippen LogP contribution in [0.1, 0.15) is 16.7 Å². The maximum Gasteiger partial charge on any atom is 0.355 e. The van der Waals surface area contributed by atoms with Crippen LogP contribution in [0, 0.1) is 19.8 Å². The second kappa shape index (κ2) is 6.92. The molecule has 1 saturated heterocycles. The van der Waals surface area contributed by atoms with Gasteiger partial charge in [0.2, 0.25) is 5.91 Å². The van der Waals surface area contributed by atoms with Crippen LogP contribution in [0.2, 0.25) is 0 Å². The Hall–Kier alpha value is -3.48. The third-order valence-electron chi connectivity index (χ3n) is 4.94. The lowest BCUT2D eigenvalue weighted by atomic mass is 9.99. The number of aryl methyl sites for hydroxylation is 2. The van der Waals surface area contributed by atoms with Crippen molar-refractivity contribution in [3.63, 3.8) is 0 Å². The molecule has 0 bridgehead atoms. The predicted molar refractivity (Wildman–Crippen MR) is 102 cm³/mol. The number of anilines is 1. The summed E-state index contributed by atoms with van der Waals surface area (Å²) in [6.45, 7) is 3.85. The number of hydrogen-bond acceptors (Lipinski definition) is 6. The molecule has 28 heavy (non-hydrogen) atoms. The number of fused-ring (bicyclic) bond motifs is 1. The van der Waals surface area contributed by atoms with Gasteiger partial charge in [0, 0.05) is 0 Å². The Balaban J connectivity index is 1.54. The summed E-state index contributed by atoms with van der Waals surface area (Å²) in [5.41, 5.74) is 5.76. The number of amides is 2. The molecule has 2 heterocycles. The molecule has 2 atom stereocenters. The summed E-state index contributed by atoms with van der Waals surface area (Å²) < 4.78 is 5.29. The molecule has 1 N–H and O–H groups in total. The first-order valence-corrected chi connectivity index (χ1v) is 8.96. The zero-order valence-corrected chi connectivity index (χ0v) is 15.5. The van der Waals surface area contributed by atoms with Crippen LogP contribution in [0.3, 0.4) is 0 Å². The summed E-state index contributed by atoms with van der Waals surface area (Å²) in [5.74, 6) is -2.57. The Kier molecular flexibility index (Phi) is 4.43. The second-order valence-corrected chi connectivity index (χ2v) is 6.95. The lowest BCUT2D eigenvalue weighted by Crippen LogP contribution is -2.36. The minimum Gasteiger partial charge on any atom is -0.456 e.